The Morgan fingerprint density at radius 1 is 1.03 bits per heavy atom. The molecule has 0 unspecified atom stereocenters. The number of benzene rings is 2. The molecule has 0 saturated carbocycles. The van der Waals surface area contributed by atoms with Gasteiger partial charge in [-0.1, -0.05) is 6.07 Å². The van der Waals surface area contributed by atoms with E-state index in [4.69, 9.17) is 28.1 Å². The molecule has 0 aromatic heterocycles. The van der Waals surface area contributed by atoms with Crippen molar-refractivity contribution in [2.75, 3.05) is 27.8 Å². The molecule has 0 bridgehead atoms. The van der Waals surface area contributed by atoms with E-state index in [0.29, 0.717) is 11.5 Å². The highest BCUT2D eigenvalue weighted by molar-refractivity contribution is 5.49. The summed E-state index contributed by atoms with van der Waals surface area (Å²) in [7, 11) is 0.488. The van der Waals surface area contributed by atoms with Gasteiger partial charge in [0.2, 0.25) is 0 Å². The Labute approximate surface area is 170 Å². The third kappa shape index (κ3) is 6.36. The normalized spacial score (nSPS) is 16.4. The molecule has 9 nitrogen and oxygen atoms in total. The van der Waals surface area contributed by atoms with Crippen LogP contribution in [0, 0.1) is 10.2 Å². The SMILES string of the molecule is COc1ccc(C[C@H]2c3cc(O)c(OC)cc3CCN2C)cc1O.[O-][Cl+3]([O-])([O-])O. The molecule has 0 spiro atoms. The van der Waals surface area contributed by atoms with Gasteiger partial charge in [-0.05, 0) is 60.8 Å². The lowest BCUT2D eigenvalue weighted by Crippen LogP contribution is -2.58. The Bertz CT molecular complexity index is 834. The zero-order chi connectivity index (χ0) is 21.8. The number of nitrogens with zero attached hydrogens (tertiary/aromatic N) is 1. The molecule has 2 aromatic carbocycles. The fourth-order valence-corrected chi connectivity index (χ4v) is 3.36. The van der Waals surface area contributed by atoms with Crippen LogP contribution in [0.1, 0.15) is 22.7 Å². The van der Waals surface area contributed by atoms with Gasteiger partial charge in [-0.2, -0.15) is 14.0 Å². The van der Waals surface area contributed by atoms with Crippen molar-refractivity contribution in [2.24, 2.45) is 0 Å². The van der Waals surface area contributed by atoms with Crippen LogP contribution >= 0.6 is 0 Å². The molecule has 1 aliphatic heterocycles. The molecule has 0 aliphatic carbocycles. The van der Waals surface area contributed by atoms with Crippen molar-refractivity contribution in [3.05, 3.63) is 47.0 Å². The third-order valence-electron chi connectivity index (χ3n) is 4.74. The number of halogens is 1. The largest absolute Gasteiger partial charge is 0.504 e. The summed E-state index contributed by atoms with van der Waals surface area (Å²) in [6.07, 6.45) is 1.67. The van der Waals surface area contributed by atoms with Crippen LogP contribution in [-0.2, 0) is 12.8 Å². The summed E-state index contributed by atoms with van der Waals surface area (Å²) in [5, 5.41) is 20.1. The summed E-state index contributed by atoms with van der Waals surface area (Å²) < 4.78 is 43.0. The van der Waals surface area contributed by atoms with Crippen LogP contribution in [0.15, 0.2) is 30.3 Å². The van der Waals surface area contributed by atoms with E-state index in [2.05, 4.69) is 11.9 Å². The van der Waals surface area contributed by atoms with Crippen molar-refractivity contribution in [1.29, 1.82) is 0 Å². The van der Waals surface area contributed by atoms with Crippen molar-refractivity contribution >= 4 is 0 Å². The van der Waals surface area contributed by atoms with Gasteiger partial charge < -0.3 is 19.7 Å². The Morgan fingerprint density at radius 2 is 1.62 bits per heavy atom. The first kappa shape index (κ1) is 23.0. The maximum Gasteiger partial charge on any atom is 0.160 e. The minimum absolute atomic E-state index is 0.137. The van der Waals surface area contributed by atoms with Crippen LogP contribution < -0.4 is 23.5 Å². The van der Waals surface area contributed by atoms with Crippen LogP contribution in [0.3, 0.4) is 0 Å². The van der Waals surface area contributed by atoms with Gasteiger partial charge in [-0.3, -0.25) is 4.90 Å². The van der Waals surface area contributed by atoms with E-state index >= 15 is 0 Å². The smallest absolute Gasteiger partial charge is 0.160 e. The molecule has 1 aliphatic rings. The van der Waals surface area contributed by atoms with Gasteiger partial charge in [0.15, 0.2) is 23.0 Å². The predicted molar refractivity (Wildman–Crippen MR) is 94.3 cm³/mol. The van der Waals surface area contributed by atoms with Crippen molar-refractivity contribution in [3.8, 4) is 23.0 Å². The number of hydrogen-bond donors (Lipinski definition) is 3. The van der Waals surface area contributed by atoms with E-state index < -0.39 is 10.2 Å². The van der Waals surface area contributed by atoms with Crippen LogP contribution in [0.2, 0.25) is 0 Å². The number of likely N-dealkylation sites (N-methyl/N-ethyl adjacent to an activating group) is 1. The minimum atomic E-state index is -4.69. The first-order valence-corrected chi connectivity index (χ1v) is 9.89. The molecular formula is C19H24ClNO8. The number of hydrogen-bond acceptors (Lipinski definition) is 9. The number of phenolic OH excluding ortho intramolecular Hbond substituents is 2. The average molecular weight is 430 g/mol. The van der Waals surface area contributed by atoms with E-state index in [1.54, 1.807) is 25.3 Å². The van der Waals surface area contributed by atoms with E-state index in [-0.39, 0.29) is 17.5 Å². The molecule has 1 atom stereocenters. The second-order valence-electron chi connectivity index (χ2n) is 6.58. The minimum Gasteiger partial charge on any atom is -0.504 e. The topological polar surface area (TPSA) is 152 Å². The van der Waals surface area contributed by atoms with Crippen LogP contribution in [0.4, 0.5) is 0 Å². The molecule has 3 N–H and O–H groups in total. The second kappa shape index (κ2) is 9.49. The van der Waals surface area contributed by atoms with E-state index in [9.17, 15) is 10.2 Å². The summed E-state index contributed by atoms with van der Waals surface area (Å²) in [6.45, 7) is 0.938. The summed E-state index contributed by atoms with van der Waals surface area (Å²) in [5.74, 6) is 1.29. The van der Waals surface area contributed by atoms with Crippen LogP contribution in [0.5, 0.6) is 23.0 Å². The lowest BCUT2D eigenvalue weighted by atomic mass is 9.88. The highest BCUT2D eigenvalue weighted by Gasteiger charge is 2.27. The average Bonchev–Trinajstić information content (AvgIpc) is 2.63. The fraction of sp³-hybridized carbons (Fsp3) is 0.368. The Morgan fingerprint density at radius 3 is 2.17 bits per heavy atom. The fourth-order valence-electron chi connectivity index (χ4n) is 3.36. The summed E-state index contributed by atoms with van der Waals surface area (Å²) in [6, 6.07) is 9.35. The molecule has 1 heterocycles. The molecule has 0 saturated heterocycles. The Kier molecular flexibility index (Phi) is 7.53. The zero-order valence-electron chi connectivity index (χ0n) is 16.3. The first-order valence-electron chi connectivity index (χ1n) is 8.62. The number of rotatable bonds is 4. The van der Waals surface area contributed by atoms with E-state index in [1.807, 2.05) is 12.1 Å². The van der Waals surface area contributed by atoms with Crippen LogP contribution in [-0.4, -0.2) is 47.6 Å². The molecular weight excluding hydrogens is 406 g/mol. The molecule has 0 fully saturated rings. The van der Waals surface area contributed by atoms with Gasteiger partial charge in [0.25, 0.3) is 0 Å². The number of phenols is 2. The molecule has 0 radical (unpaired) electrons. The molecule has 160 valence electrons. The van der Waals surface area contributed by atoms with Crippen molar-refractivity contribution < 1.29 is 48.6 Å². The van der Waals surface area contributed by atoms with Gasteiger partial charge in [0, 0.05) is 12.6 Å². The van der Waals surface area contributed by atoms with E-state index in [0.717, 1.165) is 30.5 Å². The van der Waals surface area contributed by atoms with Crippen LogP contribution in [0.25, 0.3) is 0 Å². The van der Waals surface area contributed by atoms with Gasteiger partial charge in [-0.25, -0.2) is 0 Å². The quantitative estimate of drug-likeness (QED) is 0.542. The van der Waals surface area contributed by atoms with Crippen molar-refractivity contribution in [3.63, 3.8) is 0 Å². The summed E-state index contributed by atoms with van der Waals surface area (Å²) >= 11 is 0. The highest BCUT2D eigenvalue weighted by Crippen LogP contribution is 2.39. The van der Waals surface area contributed by atoms with Gasteiger partial charge in [0.1, 0.15) is 0 Å². The standard InChI is InChI=1S/C19H23NO4.ClHO4/c1-20-7-6-13-10-19(24-3)17(22)11-14(13)15(20)8-12-4-5-18(23-2)16(21)9-12;2-1(3,4)5/h4-5,9-11,15,21-22H,6-8H2,1-3H3;(H,2,3,4,5)/t15-;/m0./s1. The lowest BCUT2D eigenvalue weighted by Gasteiger charge is -2.35. The number of aromatic hydroxyl groups is 2. The number of methoxy groups -OCH3 is 2. The predicted octanol–water partition coefficient (Wildman–Crippen LogP) is -1.24. The summed E-state index contributed by atoms with van der Waals surface area (Å²) in [4.78, 5) is 2.27. The molecule has 0 amide bonds. The van der Waals surface area contributed by atoms with E-state index in [1.165, 1.54) is 12.7 Å². The third-order valence-corrected chi connectivity index (χ3v) is 4.74. The number of fused-ring (bicyclic) bond motifs is 1. The molecule has 3 rings (SSSR count). The summed E-state index contributed by atoms with van der Waals surface area (Å²) in [5.41, 5.74) is 3.33. The maximum absolute atomic E-state index is 10.1. The highest BCUT2D eigenvalue weighted by atomic mass is 35.7. The maximum atomic E-state index is 10.1. The Hall–Kier alpha value is -2.27. The molecule has 10 heteroatoms. The Balaban J connectivity index is 0.000000537. The van der Waals surface area contributed by atoms with Crippen molar-refractivity contribution in [2.45, 2.75) is 18.9 Å². The molecule has 29 heavy (non-hydrogen) atoms. The monoisotopic (exact) mass is 429 g/mol. The second-order valence-corrected chi connectivity index (χ2v) is 7.37. The first-order chi connectivity index (χ1) is 13.5. The number of ether oxygens (including phenoxy) is 2. The molecule has 2 aromatic rings. The lowest BCUT2D eigenvalue weighted by molar-refractivity contribution is -1.92. The zero-order valence-corrected chi connectivity index (χ0v) is 17.0. The van der Waals surface area contributed by atoms with Gasteiger partial charge >= 0.3 is 0 Å². The van der Waals surface area contributed by atoms with Gasteiger partial charge in [-0.15, -0.1) is 0 Å². The van der Waals surface area contributed by atoms with Gasteiger partial charge in [0.05, 0.1) is 29.1 Å². The van der Waals surface area contributed by atoms with Crippen molar-refractivity contribution in [1.82, 2.24) is 4.90 Å².